The third-order valence-corrected chi connectivity index (χ3v) is 3.57. The molecule has 1 rings (SSSR count). The molecule has 0 spiro atoms. The van der Waals surface area contributed by atoms with Gasteiger partial charge in [-0.3, -0.25) is 0 Å². The van der Waals surface area contributed by atoms with Crippen LogP contribution in [0.4, 0.5) is 0 Å². The van der Waals surface area contributed by atoms with E-state index >= 15 is 0 Å². The number of rotatable bonds is 5. The number of nitrogens with one attached hydrogen (secondary N) is 1. The fourth-order valence-corrected chi connectivity index (χ4v) is 2.49. The summed E-state index contributed by atoms with van der Waals surface area (Å²) < 4.78 is 0. The van der Waals surface area contributed by atoms with Gasteiger partial charge in [0.2, 0.25) is 0 Å². The molecule has 0 amide bonds. The number of hydrogen-bond acceptors (Lipinski definition) is 3. The average Bonchev–Trinajstić information content (AvgIpc) is 2.45. The van der Waals surface area contributed by atoms with Crippen molar-refractivity contribution in [1.29, 1.82) is 0 Å². The molecule has 14 heavy (non-hydrogen) atoms. The Hall–Kier alpha value is -0.410. The van der Waals surface area contributed by atoms with Gasteiger partial charge in [-0.15, -0.1) is 11.3 Å². The third-order valence-electron chi connectivity index (χ3n) is 2.31. The van der Waals surface area contributed by atoms with E-state index in [-0.39, 0.29) is 0 Å². The molecule has 1 unspecified atom stereocenters. The number of aryl methyl sites for hydroxylation is 2. The van der Waals surface area contributed by atoms with Gasteiger partial charge in [-0.25, -0.2) is 4.98 Å². The topological polar surface area (TPSA) is 24.9 Å². The molecule has 1 N–H and O–H groups in total. The van der Waals surface area contributed by atoms with Gasteiger partial charge in [0.25, 0.3) is 0 Å². The van der Waals surface area contributed by atoms with Gasteiger partial charge in [0.15, 0.2) is 0 Å². The molecule has 1 heterocycles. The Morgan fingerprint density at radius 1 is 1.43 bits per heavy atom. The van der Waals surface area contributed by atoms with Gasteiger partial charge in [-0.1, -0.05) is 13.3 Å². The molecule has 0 aromatic carbocycles. The lowest BCUT2D eigenvalue weighted by Crippen LogP contribution is -2.19. The molecule has 3 heteroatoms. The van der Waals surface area contributed by atoms with Crippen LogP contribution in [0.3, 0.4) is 0 Å². The Labute approximate surface area is 90.8 Å². The smallest absolute Gasteiger partial charge is 0.0900 e. The van der Waals surface area contributed by atoms with Crippen LogP contribution in [0.2, 0.25) is 0 Å². The zero-order valence-corrected chi connectivity index (χ0v) is 10.4. The first-order chi connectivity index (χ1) is 6.65. The second-order valence-electron chi connectivity index (χ2n) is 3.71. The average molecular weight is 212 g/mol. The lowest BCUT2D eigenvalue weighted by molar-refractivity contribution is 0.558. The minimum absolute atomic E-state index is 0.452. The SMILES string of the molecule is CCCCNC(C)c1sc(C)nc1C. The van der Waals surface area contributed by atoms with E-state index in [2.05, 4.69) is 38.0 Å². The Morgan fingerprint density at radius 3 is 2.64 bits per heavy atom. The van der Waals surface area contributed by atoms with E-state index in [0.29, 0.717) is 6.04 Å². The van der Waals surface area contributed by atoms with E-state index in [1.807, 2.05) is 0 Å². The monoisotopic (exact) mass is 212 g/mol. The predicted molar refractivity (Wildman–Crippen MR) is 62.9 cm³/mol. The largest absolute Gasteiger partial charge is 0.309 e. The number of unbranched alkanes of at least 4 members (excludes halogenated alkanes) is 1. The van der Waals surface area contributed by atoms with Gasteiger partial charge in [-0.05, 0) is 33.7 Å². The maximum Gasteiger partial charge on any atom is 0.0900 e. The molecular weight excluding hydrogens is 192 g/mol. The van der Waals surface area contributed by atoms with E-state index in [1.165, 1.54) is 28.4 Å². The molecule has 0 aliphatic carbocycles. The van der Waals surface area contributed by atoms with Crippen molar-refractivity contribution in [3.05, 3.63) is 15.6 Å². The maximum atomic E-state index is 4.44. The van der Waals surface area contributed by atoms with Crippen LogP contribution in [-0.4, -0.2) is 11.5 Å². The van der Waals surface area contributed by atoms with Crippen molar-refractivity contribution in [3.8, 4) is 0 Å². The van der Waals surface area contributed by atoms with E-state index < -0.39 is 0 Å². The summed E-state index contributed by atoms with van der Waals surface area (Å²) in [5, 5.41) is 4.69. The maximum absolute atomic E-state index is 4.44. The number of hydrogen-bond donors (Lipinski definition) is 1. The summed E-state index contributed by atoms with van der Waals surface area (Å²) >= 11 is 1.81. The van der Waals surface area contributed by atoms with Crippen LogP contribution >= 0.6 is 11.3 Å². The highest BCUT2D eigenvalue weighted by Crippen LogP contribution is 2.24. The van der Waals surface area contributed by atoms with E-state index in [1.54, 1.807) is 11.3 Å². The third kappa shape index (κ3) is 3.07. The van der Waals surface area contributed by atoms with Gasteiger partial charge >= 0.3 is 0 Å². The Bertz CT molecular complexity index is 281. The zero-order chi connectivity index (χ0) is 10.6. The molecule has 0 saturated heterocycles. The van der Waals surface area contributed by atoms with Gasteiger partial charge in [-0.2, -0.15) is 0 Å². The van der Waals surface area contributed by atoms with Crippen LogP contribution in [0.5, 0.6) is 0 Å². The fourth-order valence-electron chi connectivity index (χ4n) is 1.54. The Morgan fingerprint density at radius 2 is 2.14 bits per heavy atom. The summed E-state index contributed by atoms with van der Waals surface area (Å²) in [6.07, 6.45) is 2.50. The van der Waals surface area contributed by atoms with Crippen molar-refractivity contribution in [2.75, 3.05) is 6.54 Å². The van der Waals surface area contributed by atoms with Crippen LogP contribution < -0.4 is 5.32 Å². The second-order valence-corrected chi connectivity index (χ2v) is 4.95. The molecule has 0 aliphatic heterocycles. The van der Waals surface area contributed by atoms with Crippen molar-refractivity contribution in [1.82, 2.24) is 10.3 Å². The molecule has 0 radical (unpaired) electrons. The van der Waals surface area contributed by atoms with Crippen LogP contribution in [0.25, 0.3) is 0 Å². The minimum atomic E-state index is 0.452. The highest BCUT2D eigenvalue weighted by Gasteiger charge is 2.11. The van der Waals surface area contributed by atoms with Gasteiger partial charge in [0.1, 0.15) is 0 Å². The zero-order valence-electron chi connectivity index (χ0n) is 9.55. The van der Waals surface area contributed by atoms with Crippen molar-refractivity contribution in [3.63, 3.8) is 0 Å². The van der Waals surface area contributed by atoms with Crippen LogP contribution in [0.1, 0.15) is 48.3 Å². The van der Waals surface area contributed by atoms with Crippen LogP contribution in [-0.2, 0) is 0 Å². The van der Waals surface area contributed by atoms with E-state index in [9.17, 15) is 0 Å². The van der Waals surface area contributed by atoms with Crippen LogP contribution in [0.15, 0.2) is 0 Å². The van der Waals surface area contributed by atoms with Gasteiger partial charge in [0, 0.05) is 10.9 Å². The molecule has 1 aromatic heterocycles. The normalized spacial score (nSPS) is 13.1. The predicted octanol–water partition coefficient (Wildman–Crippen LogP) is 3.21. The Balaban J connectivity index is 2.51. The summed E-state index contributed by atoms with van der Waals surface area (Å²) in [6.45, 7) is 9.70. The quantitative estimate of drug-likeness (QED) is 0.758. The van der Waals surface area contributed by atoms with E-state index in [0.717, 1.165) is 6.54 Å². The molecule has 0 fully saturated rings. The number of nitrogens with zero attached hydrogens (tertiary/aromatic N) is 1. The molecule has 80 valence electrons. The molecule has 0 saturated carbocycles. The molecule has 2 nitrogen and oxygen atoms in total. The molecule has 1 aromatic rings. The van der Waals surface area contributed by atoms with E-state index in [4.69, 9.17) is 0 Å². The molecular formula is C11H20N2S. The highest BCUT2D eigenvalue weighted by molar-refractivity contribution is 7.11. The minimum Gasteiger partial charge on any atom is -0.309 e. The first kappa shape index (κ1) is 11.7. The fraction of sp³-hybridized carbons (Fsp3) is 0.727. The summed E-state index contributed by atoms with van der Waals surface area (Å²) in [6, 6.07) is 0.452. The van der Waals surface area contributed by atoms with Crippen molar-refractivity contribution < 1.29 is 0 Å². The highest BCUT2D eigenvalue weighted by atomic mass is 32.1. The lowest BCUT2D eigenvalue weighted by Gasteiger charge is -2.11. The van der Waals surface area contributed by atoms with Crippen LogP contribution in [0, 0.1) is 13.8 Å². The van der Waals surface area contributed by atoms with Gasteiger partial charge < -0.3 is 5.32 Å². The summed E-state index contributed by atoms with van der Waals surface area (Å²) in [4.78, 5) is 5.83. The molecule has 0 aliphatic rings. The summed E-state index contributed by atoms with van der Waals surface area (Å²) in [5.41, 5.74) is 1.18. The summed E-state index contributed by atoms with van der Waals surface area (Å²) in [5.74, 6) is 0. The standard InChI is InChI=1S/C11H20N2S/c1-5-6-7-12-8(2)11-9(3)13-10(4)14-11/h8,12H,5-7H2,1-4H3. The first-order valence-corrected chi connectivity index (χ1v) is 6.14. The molecule has 1 atom stereocenters. The summed E-state index contributed by atoms with van der Waals surface area (Å²) in [7, 11) is 0. The number of aromatic nitrogens is 1. The van der Waals surface area contributed by atoms with Gasteiger partial charge in [0.05, 0.1) is 10.7 Å². The molecule has 0 bridgehead atoms. The Kier molecular flexibility index (Phi) is 4.55. The second kappa shape index (κ2) is 5.47. The lowest BCUT2D eigenvalue weighted by atomic mass is 10.2. The van der Waals surface area contributed by atoms with Crippen molar-refractivity contribution in [2.45, 2.75) is 46.6 Å². The first-order valence-electron chi connectivity index (χ1n) is 5.32. The van der Waals surface area contributed by atoms with Crippen molar-refractivity contribution in [2.24, 2.45) is 0 Å². The van der Waals surface area contributed by atoms with Crippen molar-refractivity contribution >= 4 is 11.3 Å². The number of thiazole rings is 1.